The first-order chi connectivity index (χ1) is 14.4. The summed E-state index contributed by atoms with van der Waals surface area (Å²) in [4.78, 5) is 30.4. The Kier molecular flexibility index (Phi) is 5.10. The second-order valence-corrected chi connectivity index (χ2v) is 7.12. The molecule has 4 heterocycles. The lowest BCUT2D eigenvalue weighted by Crippen LogP contribution is -2.38. The number of carbonyl (C=O) groups excluding carboxylic acids is 1. The van der Waals surface area contributed by atoms with Crippen LogP contribution in [-0.2, 0) is 18.4 Å². The summed E-state index contributed by atoms with van der Waals surface area (Å²) in [5.74, 6) is 0.133. The number of aromatic nitrogens is 5. The van der Waals surface area contributed by atoms with E-state index in [0.29, 0.717) is 17.2 Å². The second-order valence-electron chi connectivity index (χ2n) is 7.12. The van der Waals surface area contributed by atoms with E-state index in [1.54, 1.807) is 19.4 Å². The first-order valence-electron chi connectivity index (χ1n) is 9.44. The minimum absolute atomic E-state index is 0.206. The molecule has 0 radical (unpaired) electrons. The van der Waals surface area contributed by atoms with Crippen molar-refractivity contribution in [3.8, 4) is 11.4 Å². The molecule has 0 aliphatic carbocycles. The van der Waals surface area contributed by atoms with Gasteiger partial charge in [-0.1, -0.05) is 6.07 Å². The van der Waals surface area contributed by atoms with Gasteiger partial charge in [0.15, 0.2) is 11.9 Å². The minimum atomic E-state index is -1.43. The summed E-state index contributed by atoms with van der Waals surface area (Å²) in [5.41, 5.74) is 4.63. The summed E-state index contributed by atoms with van der Waals surface area (Å²) in [6, 6.07) is 7.52. The number of hydrogen-bond donors (Lipinski definition) is 4. The molecule has 4 aromatic rings. The highest BCUT2D eigenvalue weighted by atomic mass is 16.3. The van der Waals surface area contributed by atoms with Crippen LogP contribution in [0.4, 0.5) is 5.82 Å². The van der Waals surface area contributed by atoms with Crippen LogP contribution in [0.1, 0.15) is 5.69 Å². The molecule has 0 aliphatic heterocycles. The zero-order valence-electron chi connectivity index (χ0n) is 16.9. The fourth-order valence-corrected chi connectivity index (χ4v) is 3.48. The summed E-state index contributed by atoms with van der Waals surface area (Å²) in [5, 5.41) is 22.5. The normalized spacial score (nSPS) is 12.4. The monoisotopic (exact) mass is 409 g/mol. The van der Waals surface area contributed by atoms with Gasteiger partial charge in [0.05, 0.1) is 42.1 Å². The number of aromatic amines is 1. The number of rotatable bonds is 6. The molecule has 4 aromatic heterocycles. The third-order valence-corrected chi connectivity index (χ3v) is 4.99. The number of carbonyl (C=O) groups is 1. The first kappa shape index (κ1) is 19.8. The second kappa shape index (κ2) is 7.73. The van der Waals surface area contributed by atoms with E-state index in [1.165, 1.54) is 4.90 Å². The van der Waals surface area contributed by atoms with Crippen molar-refractivity contribution in [1.82, 2.24) is 29.4 Å². The van der Waals surface area contributed by atoms with E-state index in [1.807, 2.05) is 36.9 Å². The molecule has 0 fully saturated rings. The van der Waals surface area contributed by atoms with Crippen molar-refractivity contribution in [2.75, 3.05) is 26.0 Å². The average molecular weight is 409 g/mol. The van der Waals surface area contributed by atoms with Crippen molar-refractivity contribution in [2.45, 2.75) is 12.6 Å². The number of imidazole rings is 1. The molecule has 1 atom stereocenters. The van der Waals surface area contributed by atoms with Crippen LogP contribution < -0.4 is 5.32 Å². The lowest BCUT2D eigenvalue weighted by molar-refractivity contribution is -0.141. The van der Waals surface area contributed by atoms with E-state index in [4.69, 9.17) is 5.11 Å². The van der Waals surface area contributed by atoms with E-state index >= 15 is 0 Å². The predicted molar refractivity (Wildman–Crippen MR) is 113 cm³/mol. The van der Waals surface area contributed by atoms with Crippen LogP contribution in [0.15, 0.2) is 30.6 Å². The molecular weight excluding hydrogens is 386 g/mol. The SMILES string of the molecule is CNc1nc2[nH]c(-c3cccc(CN(C)C(=O)[C@@H](O)CO)n3)cc2c2c1ncn2C. The van der Waals surface area contributed by atoms with Gasteiger partial charge in [0.2, 0.25) is 0 Å². The van der Waals surface area contributed by atoms with Gasteiger partial charge in [-0.2, -0.15) is 0 Å². The summed E-state index contributed by atoms with van der Waals surface area (Å²) >= 11 is 0. The lowest BCUT2D eigenvalue weighted by Gasteiger charge is -2.19. The standard InChI is InChI=1S/C20H23N7O3/c1-21-19-16-17(27(3)10-22-16)12-7-14(24-18(12)25-19)13-6-4-5-11(23-13)8-26(2)20(30)15(29)9-28/h4-7,10,15,28-29H,8-9H2,1-3H3,(H2,21,24,25)/t15-/m0/s1. The highest BCUT2D eigenvalue weighted by Gasteiger charge is 2.19. The molecule has 0 saturated heterocycles. The van der Waals surface area contributed by atoms with Crippen molar-refractivity contribution in [3.05, 3.63) is 36.3 Å². The third-order valence-electron chi connectivity index (χ3n) is 4.99. The minimum Gasteiger partial charge on any atom is -0.393 e. The number of pyridine rings is 2. The highest BCUT2D eigenvalue weighted by molar-refractivity contribution is 6.07. The number of aryl methyl sites for hydroxylation is 1. The van der Waals surface area contributed by atoms with E-state index in [0.717, 1.165) is 27.8 Å². The largest absolute Gasteiger partial charge is 0.393 e. The molecule has 10 nitrogen and oxygen atoms in total. The van der Waals surface area contributed by atoms with Crippen molar-refractivity contribution < 1.29 is 15.0 Å². The Labute approximate surface area is 172 Å². The molecule has 1 amide bonds. The number of aliphatic hydroxyl groups excluding tert-OH is 2. The summed E-state index contributed by atoms with van der Waals surface area (Å²) in [6.07, 6.45) is 0.326. The average Bonchev–Trinajstić information content (AvgIpc) is 3.35. The van der Waals surface area contributed by atoms with Gasteiger partial charge in [-0.3, -0.25) is 4.79 Å². The number of fused-ring (bicyclic) bond motifs is 3. The Hall–Kier alpha value is -3.50. The van der Waals surface area contributed by atoms with Crippen molar-refractivity contribution in [2.24, 2.45) is 7.05 Å². The number of nitrogens with zero attached hydrogens (tertiary/aromatic N) is 5. The molecule has 30 heavy (non-hydrogen) atoms. The fourth-order valence-electron chi connectivity index (χ4n) is 3.48. The van der Waals surface area contributed by atoms with Crippen molar-refractivity contribution in [1.29, 1.82) is 0 Å². The molecule has 0 aliphatic rings. The molecule has 0 saturated carbocycles. The molecule has 4 rings (SSSR count). The molecule has 0 spiro atoms. The number of likely N-dealkylation sites (N-methyl/N-ethyl adjacent to an activating group) is 1. The van der Waals surface area contributed by atoms with Crippen LogP contribution in [0, 0.1) is 0 Å². The number of H-pyrrole nitrogens is 1. The van der Waals surface area contributed by atoms with Crippen LogP contribution in [0.2, 0.25) is 0 Å². The summed E-state index contributed by atoms with van der Waals surface area (Å²) in [6.45, 7) is -0.409. The maximum Gasteiger partial charge on any atom is 0.253 e. The van der Waals surface area contributed by atoms with Crippen molar-refractivity contribution >= 4 is 33.8 Å². The van der Waals surface area contributed by atoms with Gasteiger partial charge >= 0.3 is 0 Å². The molecule has 156 valence electrons. The lowest BCUT2D eigenvalue weighted by atomic mass is 10.2. The van der Waals surface area contributed by atoms with Crippen LogP contribution in [-0.4, -0.2) is 72.3 Å². The van der Waals surface area contributed by atoms with E-state index < -0.39 is 18.6 Å². The van der Waals surface area contributed by atoms with Gasteiger partial charge < -0.3 is 30.0 Å². The van der Waals surface area contributed by atoms with E-state index in [2.05, 4.69) is 25.3 Å². The first-order valence-corrected chi connectivity index (χ1v) is 9.44. The Morgan fingerprint density at radius 3 is 2.90 bits per heavy atom. The number of nitrogens with one attached hydrogen (secondary N) is 2. The molecular formula is C20H23N7O3. The van der Waals surface area contributed by atoms with Crippen molar-refractivity contribution in [3.63, 3.8) is 0 Å². The Balaban J connectivity index is 1.71. The van der Waals surface area contributed by atoms with Crippen LogP contribution in [0.25, 0.3) is 33.5 Å². The molecule has 4 N–H and O–H groups in total. The van der Waals surface area contributed by atoms with Gasteiger partial charge in [0, 0.05) is 26.5 Å². The van der Waals surface area contributed by atoms with Gasteiger partial charge in [-0.05, 0) is 18.2 Å². The zero-order chi connectivity index (χ0) is 21.4. The quantitative estimate of drug-likeness (QED) is 0.371. The Morgan fingerprint density at radius 1 is 1.37 bits per heavy atom. The predicted octanol–water partition coefficient (Wildman–Crippen LogP) is 0.865. The summed E-state index contributed by atoms with van der Waals surface area (Å²) in [7, 11) is 5.30. The van der Waals surface area contributed by atoms with Crippen LogP contribution in [0.3, 0.4) is 0 Å². The van der Waals surface area contributed by atoms with E-state index in [-0.39, 0.29) is 6.54 Å². The smallest absolute Gasteiger partial charge is 0.253 e. The Bertz CT molecular complexity index is 1230. The summed E-state index contributed by atoms with van der Waals surface area (Å²) < 4.78 is 1.95. The molecule has 0 bridgehead atoms. The maximum atomic E-state index is 12.0. The van der Waals surface area contributed by atoms with Gasteiger partial charge in [-0.25, -0.2) is 15.0 Å². The van der Waals surface area contributed by atoms with Crippen LogP contribution in [0.5, 0.6) is 0 Å². The zero-order valence-corrected chi connectivity index (χ0v) is 16.9. The Morgan fingerprint density at radius 2 is 2.17 bits per heavy atom. The number of amides is 1. The topological polar surface area (TPSA) is 132 Å². The van der Waals surface area contributed by atoms with Gasteiger partial charge in [0.25, 0.3) is 5.91 Å². The van der Waals surface area contributed by atoms with Gasteiger partial charge in [-0.15, -0.1) is 0 Å². The number of hydrogen-bond acceptors (Lipinski definition) is 7. The van der Waals surface area contributed by atoms with E-state index in [9.17, 15) is 9.90 Å². The number of anilines is 1. The third kappa shape index (κ3) is 3.36. The molecule has 0 unspecified atom stereocenters. The fraction of sp³-hybridized carbons (Fsp3) is 0.300. The van der Waals surface area contributed by atoms with Gasteiger partial charge in [0.1, 0.15) is 11.2 Å². The number of aliphatic hydroxyl groups is 2. The molecule has 10 heteroatoms. The van der Waals surface area contributed by atoms with Crippen LogP contribution >= 0.6 is 0 Å². The highest BCUT2D eigenvalue weighted by Crippen LogP contribution is 2.31. The molecule has 0 aromatic carbocycles. The maximum absolute atomic E-state index is 12.0.